The van der Waals surface area contributed by atoms with E-state index in [0.717, 1.165) is 11.1 Å². The number of nitriles is 1. The molecule has 1 N–H and O–H groups in total. The van der Waals surface area contributed by atoms with Gasteiger partial charge in [0.2, 0.25) is 5.91 Å². The molecule has 0 aliphatic carbocycles. The molecule has 4 rings (SSSR count). The third-order valence-corrected chi connectivity index (χ3v) is 7.30. The van der Waals surface area contributed by atoms with Gasteiger partial charge in [-0.2, -0.15) is 5.26 Å². The zero-order chi connectivity index (χ0) is 24.2. The molecular formula is C26H19Cl2N3O2S. The van der Waals surface area contributed by atoms with Crippen LogP contribution < -0.4 is 10.2 Å². The van der Waals surface area contributed by atoms with E-state index in [2.05, 4.69) is 5.32 Å². The van der Waals surface area contributed by atoms with Crippen LogP contribution in [0.5, 0.6) is 0 Å². The Morgan fingerprint density at radius 1 is 1.06 bits per heavy atom. The predicted molar refractivity (Wildman–Crippen MR) is 138 cm³/mol. The molecule has 8 heteroatoms. The number of carbonyl (C=O) groups excluding carboxylic acids is 2. The summed E-state index contributed by atoms with van der Waals surface area (Å²) in [5, 5.41) is 13.3. The van der Waals surface area contributed by atoms with E-state index in [1.54, 1.807) is 48.5 Å². The van der Waals surface area contributed by atoms with Gasteiger partial charge in [-0.25, -0.2) is 0 Å². The molecule has 170 valence electrons. The number of halogens is 2. The third kappa shape index (κ3) is 4.97. The number of benzene rings is 3. The van der Waals surface area contributed by atoms with E-state index in [1.807, 2.05) is 37.3 Å². The van der Waals surface area contributed by atoms with Gasteiger partial charge in [-0.3, -0.25) is 14.5 Å². The molecule has 0 saturated carbocycles. The lowest BCUT2D eigenvalue weighted by Crippen LogP contribution is -2.30. The van der Waals surface area contributed by atoms with E-state index >= 15 is 0 Å². The van der Waals surface area contributed by atoms with Crippen LogP contribution in [0, 0.1) is 18.3 Å². The lowest BCUT2D eigenvalue weighted by atomic mass is 10.1. The number of rotatable bonds is 5. The van der Waals surface area contributed by atoms with Crippen molar-refractivity contribution in [2.24, 2.45) is 0 Å². The van der Waals surface area contributed by atoms with Crippen LogP contribution in [0.25, 0.3) is 0 Å². The summed E-state index contributed by atoms with van der Waals surface area (Å²) in [4.78, 5) is 28.0. The van der Waals surface area contributed by atoms with Crippen LogP contribution in [-0.4, -0.2) is 17.1 Å². The molecular weight excluding hydrogens is 489 g/mol. The van der Waals surface area contributed by atoms with Crippen molar-refractivity contribution in [3.05, 3.63) is 105 Å². The Labute approximate surface area is 212 Å². The van der Waals surface area contributed by atoms with Crippen LogP contribution in [0.1, 0.15) is 11.1 Å². The molecule has 0 aromatic heterocycles. The largest absolute Gasteiger partial charge is 0.320 e. The highest BCUT2D eigenvalue weighted by molar-refractivity contribution is 8.05. The fourth-order valence-corrected chi connectivity index (χ4v) is 5.22. The Hall–Kier alpha value is -3.24. The molecule has 1 aliphatic heterocycles. The highest BCUT2D eigenvalue weighted by atomic mass is 35.5. The predicted octanol–water partition coefficient (Wildman–Crippen LogP) is 6.37. The summed E-state index contributed by atoms with van der Waals surface area (Å²) >= 11 is 13.6. The number of hydrogen-bond donors (Lipinski definition) is 1. The van der Waals surface area contributed by atoms with Crippen LogP contribution in [-0.2, 0) is 16.0 Å². The fourth-order valence-electron chi connectivity index (χ4n) is 3.52. The quantitative estimate of drug-likeness (QED) is 0.321. The van der Waals surface area contributed by atoms with E-state index in [9.17, 15) is 14.9 Å². The number of thioether (sulfide) groups is 1. The second-order valence-electron chi connectivity index (χ2n) is 7.63. The van der Waals surface area contributed by atoms with Gasteiger partial charge in [0.25, 0.3) is 5.91 Å². The second kappa shape index (κ2) is 10.4. The summed E-state index contributed by atoms with van der Waals surface area (Å²) < 4.78 is 0. The molecule has 3 aromatic rings. The van der Waals surface area contributed by atoms with Crippen molar-refractivity contribution in [2.45, 2.75) is 18.6 Å². The summed E-state index contributed by atoms with van der Waals surface area (Å²) in [7, 11) is 0. The molecule has 1 fully saturated rings. The van der Waals surface area contributed by atoms with Crippen molar-refractivity contribution >= 4 is 58.2 Å². The highest BCUT2D eigenvalue weighted by Gasteiger charge is 2.40. The smallest absolute Gasteiger partial charge is 0.269 e. The molecule has 0 spiro atoms. The lowest BCUT2D eigenvalue weighted by molar-refractivity contribution is -0.117. The van der Waals surface area contributed by atoms with Crippen molar-refractivity contribution in [1.82, 2.24) is 0 Å². The Morgan fingerprint density at radius 3 is 2.44 bits per heavy atom. The summed E-state index contributed by atoms with van der Waals surface area (Å²) in [5.74, 6) is -0.841. The van der Waals surface area contributed by atoms with Gasteiger partial charge < -0.3 is 5.32 Å². The van der Waals surface area contributed by atoms with E-state index < -0.39 is 11.2 Å². The van der Waals surface area contributed by atoms with Crippen molar-refractivity contribution < 1.29 is 9.59 Å². The Balaban J connectivity index is 1.72. The molecule has 1 saturated heterocycles. The van der Waals surface area contributed by atoms with Crippen molar-refractivity contribution in [2.75, 3.05) is 10.2 Å². The monoisotopic (exact) mass is 507 g/mol. The number of hydrogen-bond acceptors (Lipinski definition) is 4. The van der Waals surface area contributed by atoms with Gasteiger partial charge in [-0.15, -0.1) is 0 Å². The van der Waals surface area contributed by atoms with E-state index in [-0.39, 0.29) is 16.5 Å². The Morgan fingerprint density at radius 2 is 1.76 bits per heavy atom. The first-order valence-corrected chi connectivity index (χ1v) is 12.0. The maximum atomic E-state index is 13.5. The zero-order valence-electron chi connectivity index (χ0n) is 18.1. The zero-order valence-corrected chi connectivity index (χ0v) is 20.4. The van der Waals surface area contributed by atoms with Gasteiger partial charge in [0, 0.05) is 10.7 Å². The highest BCUT2D eigenvalue weighted by Crippen LogP contribution is 2.42. The molecule has 1 atom stereocenters. The number of nitrogens with one attached hydrogen (secondary N) is 1. The van der Waals surface area contributed by atoms with Gasteiger partial charge in [0.15, 0.2) is 0 Å². The van der Waals surface area contributed by atoms with Crippen molar-refractivity contribution in [1.29, 1.82) is 5.26 Å². The number of anilines is 2. The Kier molecular flexibility index (Phi) is 7.28. The van der Waals surface area contributed by atoms with E-state index in [4.69, 9.17) is 23.2 Å². The molecule has 0 bridgehead atoms. The summed E-state index contributed by atoms with van der Waals surface area (Å²) in [6.45, 7) is 1.91. The average molecular weight is 508 g/mol. The van der Waals surface area contributed by atoms with Gasteiger partial charge in [-0.05, 0) is 54.8 Å². The van der Waals surface area contributed by atoms with E-state index in [0.29, 0.717) is 27.8 Å². The first-order valence-electron chi connectivity index (χ1n) is 10.4. The minimum absolute atomic E-state index is 0.161. The van der Waals surface area contributed by atoms with Gasteiger partial charge in [0.05, 0.1) is 16.0 Å². The maximum Gasteiger partial charge on any atom is 0.269 e. The number of nitrogens with zero attached hydrogens (tertiary/aromatic N) is 2. The first-order chi connectivity index (χ1) is 16.4. The first kappa shape index (κ1) is 23.9. The number of carbonyl (C=O) groups is 2. The average Bonchev–Trinajstić information content (AvgIpc) is 3.14. The van der Waals surface area contributed by atoms with E-state index in [1.165, 1.54) is 16.7 Å². The molecule has 0 radical (unpaired) electrons. The van der Waals surface area contributed by atoms with Crippen LogP contribution in [0.15, 0.2) is 83.4 Å². The normalized spacial score (nSPS) is 16.8. The van der Waals surface area contributed by atoms with Crippen LogP contribution in [0.3, 0.4) is 0 Å². The topological polar surface area (TPSA) is 73.2 Å². The standard InChI is InChI=1S/C26H19Cl2N3O2S/c1-16-11-12-17(13-21(16)28)14-23-25(33)31(18-7-3-2-4-8-18)26(34-23)19(15-29)24(32)30-22-10-6-5-9-20(22)27/h2-13,23H,14H2,1H3,(H,30,32)/b26-19-/t23-/m1/s1. The lowest BCUT2D eigenvalue weighted by Gasteiger charge is -2.18. The third-order valence-electron chi connectivity index (χ3n) is 5.30. The van der Waals surface area contributed by atoms with Gasteiger partial charge in [0.1, 0.15) is 16.7 Å². The van der Waals surface area contributed by atoms with Crippen molar-refractivity contribution in [3.63, 3.8) is 0 Å². The number of amides is 2. The summed E-state index contributed by atoms with van der Waals surface area (Å²) in [6.07, 6.45) is 0.404. The number of aryl methyl sites for hydroxylation is 1. The molecule has 5 nitrogen and oxygen atoms in total. The molecule has 2 amide bonds. The van der Waals surface area contributed by atoms with Crippen LogP contribution >= 0.6 is 35.0 Å². The SMILES string of the molecule is Cc1ccc(C[C@H]2S/C(=C(/C#N)C(=O)Nc3ccccc3Cl)N(c3ccccc3)C2=O)cc1Cl. The van der Waals surface area contributed by atoms with Crippen molar-refractivity contribution in [3.8, 4) is 6.07 Å². The maximum absolute atomic E-state index is 13.5. The number of para-hydroxylation sites is 2. The van der Waals surface area contributed by atoms with Crippen LogP contribution in [0.4, 0.5) is 11.4 Å². The molecule has 1 heterocycles. The van der Waals surface area contributed by atoms with Crippen LogP contribution in [0.2, 0.25) is 10.0 Å². The minimum Gasteiger partial charge on any atom is -0.320 e. The summed E-state index contributed by atoms with van der Waals surface area (Å²) in [5.41, 5.74) is 2.65. The molecule has 0 unspecified atom stereocenters. The molecule has 1 aliphatic rings. The minimum atomic E-state index is -0.633. The van der Waals surface area contributed by atoms with Gasteiger partial charge in [-0.1, -0.05) is 77.4 Å². The van der Waals surface area contributed by atoms with Gasteiger partial charge >= 0.3 is 0 Å². The summed E-state index contributed by atoms with van der Waals surface area (Å²) in [6, 6.07) is 23.4. The molecule has 34 heavy (non-hydrogen) atoms. The second-order valence-corrected chi connectivity index (χ2v) is 9.64. The molecule has 3 aromatic carbocycles. The Bertz CT molecular complexity index is 1340. The fraction of sp³-hybridized carbons (Fsp3) is 0.115.